The normalized spacial score (nSPS) is 12.3. The first-order valence-corrected chi connectivity index (χ1v) is 6.57. The van der Waals surface area contributed by atoms with Gasteiger partial charge in [-0.3, -0.25) is 4.98 Å². The number of nitrogens with zero attached hydrogens (tertiary/aromatic N) is 1. The molecule has 1 N–H and O–H groups in total. The van der Waals surface area contributed by atoms with Crippen molar-refractivity contribution in [2.75, 3.05) is 0 Å². The molecule has 0 spiro atoms. The van der Waals surface area contributed by atoms with E-state index in [1.165, 1.54) is 17.5 Å². The summed E-state index contributed by atoms with van der Waals surface area (Å²) in [6.45, 7) is 3.09. The number of rotatable bonds is 6. The monoisotopic (exact) mass is 240 g/mol. The van der Waals surface area contributed by atoms with Crippen LogP contribution in [0.15, 0.2) is 54.9 Å². The summed E-state index contributed by atoms with van der Waals surface area (Å²) in [5.41, 5.74) is 2.60. The molecular formula is C16H20N2. The maximum Gasteiger partial charge on any atom is 0.0323 e. The highest BCUT2D eigenvalue weighted by molar-refractivity contribution is 5.19. The van der Waals surface area contributed by atoms with Gasteiger partial charge in [0.25, 0.3) is 0 Å². The molecule has 0 aliphatic heterocycles. The van der Waals surface area contributed by atoms with Crippen LogP contribution < -0.4 is 5.32 Å². The number of pyridine rings is 1. The third-order valence-electron chi connectivity index (χ3n) is 3.05. The molecule has 2 aromatic rings. The molecule has 1 aromatic carbocycles. The fourth-order valence-corrected chi connectivity index (χ4v) is 2.10. The Morgan fingerprint density at radius 1 is 1.11 bits per heavy atom. The van der Waals surface area contributed by atoms with Crippen LogP contribution in [0.4, 0.5) is 0 Å². The van der Waals surface area contributed by atoms with Gasteiger partial charge in [0.15, 0.2) is 0 Å². The van der Waals surface area contributed by atoms with Crippen molar-refractivity contribution < 1.29 is 0 Å². The quantitative estimate of drug-likeness (QED) is 0.832. The van der Waals surface area contributed by atoms with E-state index in [2.05, 4.69) is 53.6 Å². The van der Waals surface area contributed by atoms with Crippen LogP contribution in [0.1, 0.15) is 36.9 Å². The molecule has 2 heteroatoms. The number of hydrogen-bond acceptors (Lipinski definition) is 2. The van der Waals surface area contributed by atoms with Crippen molar-refractivity contribution in [2.45, 2.75) is 32.4 Å². The Morgan fingerprint density at radius 3 is 2.61 bits per heavy atom. The van der Waals surface area contributed by atoms with Crippen molar-refractivity contribution in [3.8, 4) is 0 Å². The molecule has 18 heavy (non-hydrogen) atoms. The van der Waals surface area contributed by atoms with Gasteiger partial charge in [0, 0.05) is 25.0 Å². The van der Waals surface area contributed by atoms with Crippen LogP contribution in [0.5, 0.6) is 0 Å². The first-order valence-electron chi connectivity index (χ1n) is 6.57. The average molecular weight is 240 g/mol. The number of nitrogens with one attached hydrogen (secondary N) is 1. The van der Waals surface area contributed by atoms with Gasteiger partial charge >= 0.3 is 0 Å². The van der Waals surface area contributed by atoms with E-state index in [0.29, 0.717) is 6.04 Å². The molecule has 0 aliphatic carbocycles. The van der Waals surface area contributed by atoms with Crippen molar-refractivity contribution in [1.82, 2.24) is 10.3 Å². The van der Waals surface area contributed by atoms with Crippen LogP contribution in [0.3, 0.4) is 0 Å². The van der Waals surface area contributed by atoms with Crippen molar-refractivity contribution in [3.05, 3.63) is 66.0 Å². The zero-order valence-electron chi connectivity index (χ0n) is 10.8. The molecule has 0 bridgehead atoms. The Kier molecular flexibility index (Phi) is 4.91. The summed E-state index contributed by atoms with van der Waals surface area (Å²) in [5.74, 6) is 0. The van der Waals surface area contributed by atoms with Gasteiger partial charge < -0.3 is 5.32 Å². The van der Waals surface area contributed by atoms with Crippen LogP contribution in [0.2, 0.25) is 0 Å². The summed E-state index contributed by atoms with van der Waals surface area (Å²) >= 11 is 0. The van der Waals surface area contributed by atoms with E-state index in [1.54, 1.807) is 0 Å². The minimum atomic E-state index is 0.427. The summed E-state index contributed by atoms with van der Waals surface area (Å²) < 4.78 is 0. The summed E-state index contributed by atoms with van der Waals surface area (Å²) in [5, 5.41) is 3.61. The van der Waals surface area contributed by atoms with Gasteiger partial charge in [0.1, 0.15) is 0 Å². The predicted molar refractivity (Wildman–Crippen MR) is 75.2 cm³/mol. The molecule has 0 amide bonds. The van der Waals surface area contributed by atoms with Crippen LogP contribution in [-0.2, 0) is 6.54 Å². The first kappa shape index (κ1) is 12.8. The minimum Gasteiger partial charge on any atom is -0.306 e. The van der Waals surface area contributed by atoms with E-state index in [-0.39, 0.29) is 0 Å². The van der Waals surface area contributed by atoms with Crippen molar-refractivity contribution in [2.24, 2.45) is 0 Å². The molecule has 1 aromatic heterocycles. The second-order valence-corrected chi connectivity index (χ2v) is 4.49. The van der Waals surface area contributed by atoms with Gasteiger partial charge in [-0.05, 0) is 23.6 Å². The molecule has 2 nitrogen and oxygen atoms in total. The highest BCUT2D eigenvalue weighted by atomic mass is 14.9. The summed E-state index contributed by atoms with van der Waals surface area (Å²) in [4.78, 5) is 4.14. The average Bonchev–Trinajstić information content (AvgIpc) is 2.45. The SMILES string of the molecule is CCC[C@@H](NCc1cccnc1)c1ccccc1. The Morgan fingerprint density at radius 2 is 1.94 bits per heavy atom. The van der Waals surface area contributed by atoms with E-state index in [4.69, 9.17) is 0 Å². The van der Waals surface area contributed by atoms with Gasteiger partial charge in [0.05, 0.1) is 0 Å². The van der Waals surface area contributed by atoms with Gasteiger partial charge in [-0.1, -0.05) is 49.7 Å². The Balaban J connectivity index is 1.99. The van der Waals surface area contributed by atoms with Crippen molar-refractivity contribution in [1.29, 1.82) is 0 Å². The zero-order valence-corrected chi connectivity index (χ0v) is 10.8. The fraction of sp³-hybridized carbons (Fsp3) is 0.312. The van der Waals surface area contributed by atoms with E-state index >= 15 is 0 Å². The topological polar surface area (TPSA) is 24.9 Å². The lowest BCUT2D eigenvalue weighted by Gasteiger charge is -2.18. The van der Waals surface area contributed by atoms with E-state index < -0.39 is 0 Å². The number of hydrogen-bond donors (Lipinski definition) is 1. The molecule has 0 saturated heterocycles. The van der Waals surface area contributed by atoms with Crippen LogP contribution in [-0.4, -0.2) is 4.98 Å². The lowest BCUT2D eigenvalue weighted by molar-refractivity contribution is 0.493. The maximum absolute atomic E-state index is 4.14. The number of aromatic nitrogens is 1. The predicted octanol–water partition coefficient (Wildman–Crippen LogP) is 3.71. The van der Waals surface area contributed by atoms with E-state index in [9.17, 15) is 0 Å². The van der Waals surface area contributed by atoms with Gasteiger partial charge in [-0.25, -0.2) is 0 Å². The lowest BCUT2D eigenvalue weighted by atomic mass is 10.0. The molecular weight excluding hydrogens is 220 g/mol. The Bertz CT molecular complexity index is 439. The molecule has 0 fully saturated rings. The molecule has 1 heterocycles. The third-order valence-corrected chi connectivity index (χ3v) is 3.05. The first-order chi connectivity index (χ1) is 8.90. The minimum absolute atomic E-state index is 0.427. The molecule has 2 rings (SSSR count). The van der Waals surface area contributed by atoms with Crippen molar-refractivity contribution in [3.63, 3.8) is 0 Å². The van der Waals surface area contributed by atoms with E-state index in [0.717, 1.165) is 13.0 Å². The van der Waals surface area contributed by atoms with E-state index in [1.807, 2.05) is 18.5 Å². The van der Waals surface area contributed by atoms with Gasteiger partial charge in [-0.2, -0.15) is 0 Å². The summed E-state index contributed by atoms with van der Waals surface area (Å²) in [7, 11) is 0. The standard InChI is InChI=1S/C16H20N2/c1-2-7-16(15-9-4-3-5-10-15)18-13-14-8-6-11-17-12-14/h3-6,8-12,16,18H,2,7,13H2,1H3/t16-/m1/s1. The Hall–Kier alpha value is -1.67. The molecule has 0 radical (unpaired) electrons. The lowest BCUT2D eigenvalue weighted by Crippen LogP contribution is -2.20. The molecule has 0 saturated carbocycles. The molecule has 1 atom stereocenters. The third kappa shape index (κ3) is 3.67. The second kappa shape index (κ2) is 6.92. The van der Waals surface area contributed by atoms with Crippen LogP contribution >= 0.6 is 0 Å². The Labute approximate surface area is 109 Å². The van der Waals surface area contributed by atoms with Crippen molar-refractivity contribution >= 4 is 0 Å². The molecule has 0 aliphatic rings. The summed E-state index contributed by atoms with van der Waals surface area (Å²) in [6.07, 6.45) is 6.06. The van der Waals surface area contributed by atoms with Crippen LogP contribution in [0.25, 0.3) is 0 Å². The second-order valence-electron chi connectivity index (χ2n) is 4.49. The number of benzene rings is 1. The largest absolute Gasteiger partial charge is 0.306 e. The molecule has 0 unspecified atom stereocenters. The fourth-order valence-electron chi connectivity index (χ4n) is 2.10. The highest BCUT2D eigenvalue weighted by Crippen LogP contribution is 2.18. The van der Waals surface area contributed by atoms with Crippen LogP contribution in [0, 0.1) is 0 Å². The molecule has 94 valence electrons. The highest BCUT2D eigenvalue weighted by Gasteiger charge is 2.09. The zero-order chi connectivity index (χ0) is 12.6. The smallest absolute Gasteiger partial charge is 0.0323 e. The van der Waals surface area contributed by atoms with Gasteiger partial charge in [-0.15, -0.1) is 0 Å². The summed E-state index contributed by atoms with van der Waals surface area (Å²) in [6, 6.07) is 15.2. The maximum atomic E-state index is 4.14. The van der Waals surface area contributed by atoms with Gasteiger partial charge in [0.2, 0.25) is 0 Å².